The zero-order valence-corrected chi connectivity index (χ0v) is 7.85. The van der Waals surface area contributed by atoms with E-state index in [1.807, 2.05) is 0 Å². The van der Waals surface area contributed by atoms with Crippen molar-refractivity contribution in [2.45, 2.75) is 6.43 Å². The summed E-state index contributed by atoms with van der Waals surface area (Å²) in [4.78, 5) is 3.35. The smallest absolute Gasteiger partial charge is 0.280 e. The van der Waals surface area contributed by atoms with Crippen molar-refractivity contribution >= 4 is 16.6 Å². The van der Waals surface area contributed by atoms with Gasteiger partial charge < -0.3 is 5.73 Å². The van der Waals surface area contributed by atoms with E-state index in [2.05, 4.69) is 4.98 Å². The van der Waals surface area contributed by atoms with E-state index in [1.165, 1.54) is 6.07 Å². The van der Waals surface area contributed by atoms with Crippen molar-refractivity contribution in [1.82, 2.24) is 4.98 Å². The van der Waals surface area contributed by atoms with Gasteiger partial charge >= 0.3 is 0 Å². The van der Waals surface area contributed by atoms with Crippen molar-refractivity contribution in [3.05, 3.63) is 35.5 Å². The van der Waals surface area contributed by atoms with Crippen LogP contribution in [-0.2, 0) is 0 Å². The van der Waals surface area contributed by atoms with Gasteiger partial charge in [0.1, 0.15) is 11.2 Å². The summed E-state index contributed by atoms with van der Waals surface area (Å²) >= 11 is 0. The van der Waals surface area contributed by atoms with Gasteiger partial charge in [0.05, 0.1) is 0 Å². The first-order chi connectivity index (χ1) is 7.50. The number of nitrogens with two attached hydrogens (primary N) is 1. The zero-order chi connectivity index (χ0) is 11.9. The zero-order valence-electron chi connectivity index (χ0n) is 7.85. The van der Waals surface area contributed by atoms with E-state index in [1.54, 1.807) is 0 Å². The van der Waals surface area contributed by atoms with Crippen LogP contribution in [0.25, 0.3) is 10.9 Å². The van der Waals surface area contributed by atoms with E-state index in [-0.39, 0.29) is 11.1 Å². The molecule has 0 aliphatic carbocycles. The lowest BCUT2D eigenvalue weighted by Gasteiger charge is -2.06. The summed E-state index contributed by atoms with van der Waals surface area (Å²) in [7, 11) is 0. The summed E-state index contributed by atoms with van der Waals surface area (Å²) in [5, 5.41) is 0.114. The highest BCUT2D eigenvalue weighted by Gasteiger charge is 2.16. The lowest BCUT2D eigenvalue weighted by atomic mass is 10.1. The van der Waals surface area contributed by atoms with E-state index >= 15 is 0 Å². The highest BCUT2D eigenvalue weighted by molar-refractivity contribution is 5.90. The van der Waals surface area contributed by atoms with Gasteiger partial charge in [-0.2, -0.15) is 0 Å². The molecule has 0 amide bonds. The highest BCUT2D eigenvalue weighted by Crippen LogP contribution is 2.28. The third-order valence-electron chi connectivity index (χ3n) is 2.15. The number of hydrogen-bond acceptors (Lipinski definition) is 2. The maximum atomic E-state index is 13.3. The summed E-state index contributed by atoms with van der Waals surface area (Å²) in [6.45, 7) is 0. The van der Waals surface area contributed by atoms with Crippen LogP contribution in [0, 0.1) is 11.6 Å². The molecule has 1 aromatic carbocycles. The second kappa shape index (κ2) is 3.62. The third-order valence-corrected chi connectivity index (χ3v) is 2.15. The van der Waals surface area contributed by atoms with E-state index in [0.29, 0.717) is 0 Å². The van der Waals surface area contributed by atoms with E-state index < -0.39 is 29.3 Å². The molecule has 0 aliphatic rings. The van der Waals surface area contributed by atoms with Gasteiger partial charge in [0.2, 0.25) is 0 Å². The SMILES string of the molecule is Nc1cc(C(F)F)nc2c(F)c(F)ccc12. The van der Waals surface area contributed by atoms with E-state index in [9.17, 15) is 17.6 Å². The molecule has 0 bridgehead atoms. The van der Waals surface area contributed by atoms with Crippen molar-refractivity contribution in [3.63, 3.8) is 0 Å². The van der Waals surface area contributed by atoms with Gasteiger partial charge in [0.25, 0.3) is 6.43 Å². The fourth-order valence-electron chi connectivity index (χ4n) is 1.39. The average Bonchev–Trinajstić information content (AvgIpc) is 2.23. The molecule has 0 radical (unpaired) electrons. The first kappa shape index (κ1) is 10.7. The van der Waals surface area contributed by atoms with Crippen LogP contribution in [0.15, 0.2) is 18.2 Å². The van der Waals surface area contributed by atoms with Gasteiger partial charge in [-0.1, -0.05) is 0 Å². The third kappa shape index (κ3) is 1.56. The fraction of sp³-hybridized carbons (Fsp3) is 0.100. The molecule has 2 N–H and O–H groups in total. The van der Waals surface area contributed by atoms with Crippen LogP contribution in [0.3, 0.4) is 0 Å². The number of anilines is 1. The van der Waals surface area contributed by atoms with Crippen LogP contribution in [-0.4, -0.2) is 4.98 Å². The van der Waals surface area contributed by atoms with E-state index in [0.717, 1.165) is 12.1 Å². The topological polar surface area (TPSA) is 38.9 Å². The van der Waals surface area contributed by atoms with Crippen LogP contribution < -0.4 is 5.73 Å². The van der Waals surface area contributed by atoms with Crippen molar-refractivity contribution in [3.8, 4) is 0 Å². The summed E-state index contributed by atoms with van der Waals surface area (Å²) in [5.41, 5.74) is 4.25. The van der Waals surface area contributed by atoms with Crippen LogP contribution in [0.5, 0.6) is 0 Å². The molecule has 84 valence electrons. The van der Waals surface area contributed by atoms with Gasteiger partial charge in [-0.3, -0.25) is 0 Å². The second-order valence-corrected chi connectivity index (χ2v) is 3.19. The number of nitrogens with zero attached hydrogens (tertiary/aromatic N) is 1. The maximum Gasteiger partial charge on any atom is 0.280 e. The number of fused-ring (bicyclic) bond motifs is 1. The largest absolute Gasteiger partial charge is 0.398 e. The van der Waals surface area contributed by atoms with Crippen molar-refractivity contribution in [1.29, 1.82) is 0 Å². The van der Waals surface area contributed by atoms with Gasteiger partial charge in [-0.05, 0) is 18.2 Å². The number of alkyl halides is 2. The molecule has 1 heterocycles. The molecule has 0 fully saturated rings. The van der Waals surface area contributed by atoms with Crippen molar-refractivity contribution in [2.75, 3.05) is 5.73 Å². The Hall–Kier alpha value is -1.85. The average molecular weight is 230 g/mol. The van der Waals surface area contributed by atoms with Gasteiger partial charge in [0.15, 0.2) is 11.6 Å². The fourth-order valence-corrected chi connectivity index (χ4v) is 1.39. The van der Waals surface area contributed by atoms with Gasteiger partial charge in [-0.25, -0.2) is 22.5 Å². The first-order valence-corrected chi connectivity index (χ1v) is 4.33. The lowest BCUT2D eigenvalue weighted by molar-refractivity contribution is 0.146. The predicted octanol–water partition coefficient (Wildman–Crippen LogP) is 3.03. The molecule has 0 spiro atoms. The summed E-state index contributed by atoms with van der Waals surface area (Å²) in [6.07, 6.45) is -2.88. The summed E-state index contributed by atoms with van der Waals surface area (Å²) in [6, 6.07) is 3.02. The second-order valence-electron chi connectivity index (χ2n) is 3.19. The Morgan fingerprint density at radius 3 is 2.50 bits per heavy atom. The van der Waals surface area contributed by atoms with Crippen LogP contribution >= 0.6 is 0 Å². The molecule has 2 rings (SSSR count). The minimum atomic E-state index is -2.88. The van der Waals surface area contributed by atoms with Gasteiger partial charge in [0, 0.05) is 11.1 Å². The molecule has 0 saturated heterocycles. The summed E-state index contributed by atoms with van der Waals surface area (Å²) in [5.74, 6) is -2.42. The normalized spacial score (nSPS) is 11.3. The Bertz CT molecular complexity index is 554. The molecule has 2 nitrogen and oxygen atoms in total. The maximum absolute atomic E-state index is 13.3. The lowest BCUT2D eigenvalue weighted by Crippen LogP contribution is -1.99. The number of rotatable bonds is 1. The minimum absolute atomic E-state index is 0.0563. The van der Waals surface area contributed by atoms with Crippen LogP contribution in [0.1, 0.15) is 12.1 Å². The number of pyridine rings is 1. The van der Waals surface area contributed by atoms with Crippen LogP contribution in [0.4, 0.5) is 23.2 Å². The van der Waals surface area contributed by atoms with Crippen molar-refractivity contribution < 1.29 is 17.6 Å². The Kier molecular flexibility index (Phi) is 2.41. The molecule has 0 aliphatic heterocycles. The Morgan fingerprint density at radius 1 is 1.19 bits per heavy atom. The summed E-state index contributed by atoms with van der Waals surface area (Å²) < 4.78 is 50.9. The molecular formula is C10H6F4N2. The number of halogens is 4. The minimum Gasteiger partial charge on any atom is -0.398 e. The first-order valence-electron chi connectivity index (χ1n) is 4.33. The Balaban J connectivity index is 2.83. The molecule has 6 heteroatoms. The molecule has 1 aromatic heterocycles. The molecular weight excluding hydrogens is 224 g/mol. The van der Waals surface area contributed by atoms with E-state index in [4.69, 9.17) is 5.73 Å². The van der Waals surface area contributed by atoms with Crippen LogP contribution in [0.2, 0.25) is 0 Å². The molecule has 0 saturated carbocycles. The number of aromatic nitrogens is 1. The van der Waals surface area contributed by atoms with Crippen molar-refractivity contribution in [2.24, 2.45) is 0 Å². The number of benzene rings is 1. The molecule has 2 aromatic rings. The molecule has 0 atom stereocenters. The molecule has 0 unspecified atom stereocenters. The Labute approximate surface area is 87.7 Å². The quantitative estimate of drug-likeness (QED) is 0.764. The number of hydrogen-bond donors (Lipinski definition) is 1. The monoisotopic (exact) mass is 230 g/mol. The highest BCUT2D eigenvalue weighted by atomic mass is 19.3. The standard InChI is InChI=1S/C10H6F4N2/c11-5-2-1-4-6(15)3-7(10(13)14)16-9(4)8(5)12/h1-3,10H,(H2,15,16). The molecule has 16 heavy (non-hydrogen) atoms. The number of nitrogen functional groups attached to an aromatic ring is 1. The van der Waals surface area contributed by atoms with Gasteiger partial charge in [-0.15, -0.1) is 0 Å². The Morgan fingerprint density at radius 2 is 1.88 bits per heavy atom. The predicted molar refractivity (Wildman–Crippen MR) is 51.0 cm³/mol.